The largest absolute Gasteiger partial charge is 0.478 e. The van der Waals surface area contributed by atoms with Gasteiger partial charge in [-0.3, -0.25) is 14.5 Å². The number of rotatable bonds is 5. The molecule has 4 rings (SSSR count). The fraction of sp³-hybridized carbons (Fsp3) is 0.211. The van der Waals surface area contributed by atoms with Gasteiger partial charge in [0.05, 0.1) is 24.0 Å². The molecule has 29 heavy (non-hydrogen) atoms. The van der Waals surface area contributed by atoms with E-state index in [1.807, 2.05) is 13.0 Å². The molecule has 0 fully saturated rings. The molecule has 2 N–H and O–H groups in total. The molecular weight excluding hydrogens is 379 g/mol. The average molecular weight is 396 g/mol. The molecule has 0 radical (unpaired) electrons. The van der Waals surface area contributed by atoms with Crippen LogP contribution in [0.25, 0.3) is 17.0 Å². The van der Waals surface area contributed by atoms with E-state index in [9.17, 15) is 14.0 Å². The molecule has 0 aliphatic carbocycles. The molecule has 0 saturated carbocycles. The van der Waals surface area contributed by atoms with E-state index in [2.05, 4.69) is 20.2 Å². The van der Waals surface area contributed by atoms with Crippen molar-refractivity contribution in [2.24, 2.45) is 0 Å². The number of nitrogens with zero attached hydrogens (tertiary/aromatic N) is 5. The van der Waals surface area contributed by atoms with E-state index in [0.29, 0.717) is 23.1 Å². The molecule has 148 valence electrons. The summed E-state index contributed by atoms with van der Waals surface area (Å²) in [4.78, 5) is 30.7. The number of carboxylic acid groups (broad SMARTS) is 1. The highest BCUT2D eigenvalue weighted by Gasteiger charge is 2.20. The monoisotopic (exact) mass is 396 g/mol. The van der Waals surface area contributed by atoms with Crippen LogP contribution in [0.2, 0.25) is 0 Å². The van der Waals surface area contributed by atoms with Crippen molar-refractivity contribution in [3.05, 3.63) is 69.7 Å². The molecule has 0 spiro atoms. The van der Waals surface area contributed by atoms with Crippen LogP contribution in [-0.2, 0) is 0 Å². The second kappa shape index (κ2) is 6.97. The lowest BCUT2D eigenvalue weighted by Crippen LogP contribution is -2.20. The smallest absolute Gasteiger partial charge is 0.338 e. The number of aryl methyl sites for hydroxylation is 1. The van der Waals surface area contributed by atoms with Gasteiger partial charge >= 0.3 is 5.97 Å². The van der Waals surface area contributed by atoms with Crippen LogP contribution in [0.3, 0.4) is 0 Å². The van der Waals surface area contributed by atoms with Gasteiger partial charge in [-0.15, -0.1) is 0 Å². The Balaban J connectivity index is 1.81. The summed E-state index contributed by atoms with van der Waals surface area (Å²) in [7, 11) is 0. The van der Waals surface area contributed by atoms with E-state index in [1.54, 1.807) is 13.0 Å². The quantitative estimate of drug-likeness (QED) is 0.535. The Hall–Kier alpha value is -3.82. The van der Waals surface area contributed by atoms with Crippen LogP contribution in [0.5, 0.6) is 0 Å². The van der Waals surface area contributed by atoms with Crippen LogP contribution in [0, 0.1) is 12.7 Å². The minimum Gasteiger partial charge on any atom is -0.478 e. The third kappa shape index (κ3) is 3.18. The third-order valence-electron chi connectivity index (χ3n) is 4.75. The number of aromatic amines is 1. The minimum absolute atomic E-state index is 0.0316. The van der Waals surface area contributed by atoms with E-state index >= 15 is 0 Å². The van der Waals surface area contributed by atoms with Gasteiger partial charge in [0.2, 0.25) is 5.95 Å². The number of carbonyl (C=O) groups is 1. The number of halogens is 1. The molecule has 1 atom stereocenters. The average Bonchev–Trinajstić information content (AvgIpc) is 3.33. The van der Waals surface area contributed by atoms with Crippen molar-refractivity contribution < 1.29 is 14.3 Å². The maximum absolute atomic E-state index is 14.0. The first kappa shape index (κ1) is 18.5. The van der Waals surface area contributed by atoms with Gasteiger partial charge in [-0.2, -0.15) is 10.2 Å². The Kier molecular flexibility index (Phi) is 4.45. The molecule has 0 amide bonds. The molecule has 0 aliphatic heterocycles. The zero-order chi connectivity index (χ0) is 20.7. The summed E-state index contributed by atoms with van der Waals surface area (Å²) in [6.45, 7) is 3.60. The lowest BCUT2D eigenvalue weighted by atomic mass is 10.0. The summed E-state index contributed by atoms with van der Waals surface area (Å²) in [6.07, 6.45) is 4.44. The number of aromatic carboxylic acids is 1. The summed E-state index contributed by atoms with van der Waals surface area (Å²) in [5, 5.41) is 17.2. The first-order valence-corrected chi connectivity index (χ1v) is 8.91. The molecule has 0 saturated heterocycles. The molecule has 0 unspecified atom stereocenters. The predicted molar refractivity (Wildman–Crippen MR) is 102 cm³/mol. The standard InChI is InChI=1S/C19H17FN6O3/c1-3-15(11-5-4-10(2)13(20)6-11)26-16-14(8-22-26)23-19(24-17(16)27)25-9-12(7-21-25)18(28)29/h4-9,15H,3H2,1-2H3,(H,28,29)(H,23,24,27)/t15-/m0/s1. The summed E-state index contributed by atoms with van der Waals surface area (Å²) < 4.78 is 16.8. The predicted octanol–water partition coefficient (Wildman–Crippen LogP) is 2.45. The van der Waals surface area contributed by atoms with Crippen molar-refractivity contribution in [3.8, 4) is 5.95 Å². The molecular formula is C19H17FN6O3. The molecule has 1 aromatic carbocycles. The first-order chi connectivity index (χ1) is 13.9. The normalized spacial score (nSPS) is 12.4. The van der Waals surface area contributed by atoms with Crippen LogP contribution in [0.15, 0.2) is 41.6 Å². The summed E-state index contributed by atoms with van der Waals surface area (Å²) in [6, 6.07) is 4.61. The van der Waals surface area contributed by atoms with Crippen LogP contribution >= 0.6 is 0 Å². The zero-order valence-corrected chi connectivity index (χ0v) is 15.6. The number of H-pyrrole nitrogens is 1. The second-order valence-electron chi connectivity index (χ2n) is 6.62. The molecule has 0 bridgehead atoms. The number of fused-ring (bicyclic) bond motifs is 1. The van der Waals surface area contributed by atoms with Crippen LogP contribution in [0.4, 0.5) is 4.39 Å². The van der Waals surface area contributed by atoms with Crippen molar-refractivity contribution in [2.45, 2.75) is 26.3 Å². The number of hydrogen-bond donors (Lipinski definition) is 2. The summed E-state index contributed by atoms with van der Waals surface area (Å²) >= 11 is 0. The van der Waals surface area contributed by atoms with E-state index in [-0.39, 0.29) is 28.9 Å². The lowest BCUT2D eigenvalue weighted by molar-refractivity contribution is 0.0697. The van der Waals surface area contributed by atoms with E-state index < -0.39 is 11.5 Å². The first-order valence-electron chi connectivity index (χ1n) is 8.91. The SMILES string of the molecule is CC[C@@H](c1ccc(C)c(F)c1)n1ncc2nc(-n3cc(C(=O)O)cn3)[nH]c(=O)c21. The highest BCUT2D eigenvalue weighted by Crippen LogP contribution is 2.25. The van der Waals surface area contributed by atoms with Crippen LogP contribution in [0.1, 0.15) is 40.9 Å². The Bertz CT molecular complexity index is 1290. The van der Waals surface area contributed by atoms with Gasteiger partial charge < -0.3 is 5.11 Å². The van der Waals surface area contributed by atoms with Gasteiger partial charge in [0, 0.05) is 6.20 Å². The second-order valence-corrected chi connectivity index (χ2v) is 6.62. The Morgan fingerprint density at radius 3 is 2.76 bits per heavy atom. The van der Waals surface area contributed by atoms with Gasteiger partial charge in [-0.25, -0.2) is 18.9 Å². The van der Waals surface area contributed by atoms with Crippen LogP contribution < -0.4 is 5.56 Å². The molecule has 3 heterocycles. The molecule has 10 heteroatoms. The van der Waals surface area contributed by atoms with Gasteiger partial charge in [0.25, 0.3) is 5.56 Å². The van der Waals surface area contributed by atoms with Gasteiger partial charge in [0.1, 0.15) is 11.3 Å². The number of benzene rings is 1. The zero-order valence-electron chi connectivity index (χ0n) is 15.6. The Labute approximate surface area is 163 Å². The van der Waals surface area contributed by atoms with E-state index in [4.69, 9.17) is 5.11 Å². The van der Waals surface area contributed by atoms with Crippen molar-refractivity contribution in [2.75, 3.05) is 0 Å². The maximum Gasteiger partial charge on any atom is 0.338 e. The number of carboxylic acids is 1. The highest BCUT2D eigenvalue weighted by molar-refractivity contribution is 5.87. The fourth-order valence-corrected chi connectivity index (χ4v) is 3.22. The van der Waals surface area contributed by atoms with Crippen molar-refractivity contribution in [3.63, 3.8) is 0 Å². The molecule has 0 aliphatic rings. The molecule has 4 aromatic rings. The summed E-state index contributed by atoms with van der Waals surface area (Å²) in [5.74, 6) is -1.38. The van der Waals surface area contributed by atoms with Crippen LogP contribution in [-0.4, -0.2) is 40.6 Å². The summed E-state index contributed by atoms with van der Waals surface area (Å²) in [5.41, 5.74) is 1.31. The third-order valence-corrected chi connectivity index (χ3v) is 4.75. The van der Waals surface area contributed by atoms with E-state index in [1.165, 1.54) is 27.8 Å². The van der Waals surface area contributed by atoms with E-state index in [0.717, 1.165) is 6.20 Å². The minimum atomic E-state index is -1.14. The van der Waals surface area contributed by atoms with Gasteiger partial charge in [-0.1, -0.05) is 19.1 Å². The fourth-order valence-electron chi connectivity index (χ4n) is 3.22. The highest BCUT2D eigenvalue weighted by atomic mass is 19.1. The topological polar surface area (TPSA) is 119 Å². The van der Waals surface area contributed by atoms with Gasteiger partial charge in [0.15, 0.2) is 5.52 Å². The number of hydrogen-bond acceptors (Lipinski definition) is 5. The van der Waals surface area contributed by atoms with Crippen molar-refractivity contribution in [1.29, 1.82) is 0 Å². The Morgan fingerprint density at radius 2 is 2.10 bits per heavy atom. The lowest BCUT2D eigenvalue weighted by Gasteiger charge is -2.17. The number of nitrogens with one attached hydrogen (secondary N) is 1. The number of aromatic nitrogens is 6. The van der Waals surface area contributed by atoms with Gasteiger partial charge in [-0.05, 0) is 30.5 Å². The van der Waals surface area contributed by atoms with Crippen molar-refractivity contribution in [1.82, 2.24) is 29.5 Å². The Morgan fingerprint density at radius 1 is 1.31 bits per heavy atom. The molecule has 3 aromatic heterocycles. The maximum atomic E-state index is 14.0. The van der Waals surface area contributed by atoms with Crippen molar-refractivity contribution >= 4 is 17.0 Å². The molecule has 9 nitrogen and oxygen atoms in total.